The molecule has 4 rings (SSSR count). The molecule has 6 heteroatoms. The van der Waals surface area contributed by atoms with E-state index in [1.54, 1.807) is 25.1 Å². The van der Waals surface area contributed by atoms with Gasteiger partial charge in [-0.3, -0.25) is 4.79 Å². The van der Waals surface area contributed by atoms with Crippen LogP contribution in [0.4, 0.5) is 4.39 Å². The largest absolute Gasteiger partial charge is 0.349 e. The molecule has 0 atom stereocenters. The van der Waals surface area contributed by atoms with E-state index in [0.29, 0.717) is 22.4 Å². The fourth-order valence-corrected chi connectivity index (χ4v) is 2.70. The highest BCUT2D eigenvalue weighted by molar-refractivity contribution is 6.04. The number of halogens is 1. The third-order valence-corrected chi connectivity index (χ3v) is 3.88. The molecule has 0 aliphatic heterocycles. The average molecular weight is 320 g/mol. The van der Waals surface area contributed by atoms with Crippen LogP contribution in [-0.2, 0) is 0 Å². The summed E-state index contributed by atoms with van der Waals surface area (Å²) in [5.74, 6) is 0.0384. The van der Waals surface area contributed by atoms with Crippen LogP contribution in [0.25, 0.3) is 21.9 Å². The van der Waals surface area contributed by atoms with Crippen molar-refractivity contribution in [1.82, 2.24) is 14.6 Å². The normalized spacial score (nSPS) is 11.8. The minimum Gasteiger partial charge on any atom is -0.349 e. The van der Waals surface area contributed by atoms with Crippen molar-refractivity contribution in [2.75, 3.05) is 0 Å². The monoisotopic (exact) mass is 320 g/mol. The van der Waals surface area contributed by atoms with Crippen LogP contribution >= 0.6 is 0 Å². The lowest BCUT2D eigenvalue weighted by molar-refractivity contribution is 0.625. The Labute approximate surface area is 136 Å². The maximum atomic E-state index is 13.7. The van der Waals surface area contributed by atoms with E-state index in [1.165, 1.54) is 17.0 Å². The first-order valence-corrected chi connectivity index (χ1v) is 7.44. The van der Waals surface area contributed by atoms with Crippen LogP contribution in [0.2, 0.25) is 0 Å². The Morgan fingerprint density at radius 2 is 1.92 bits per heavy atom. The number of para-hydroxylation sites is 1. The predicted octanol–water partition coefficient (Wildman–Crippen LogP) is 3.21. The lowest BCUT2D eigenvalue weighted by Crippen LogP contribution is -2.20. The minimum atomic E-state index is -0.397. The smallest absolute Gasteiger partial charge is 0.298 e. The molecule has 0 saturated carbocycles. The Kier molecular flexibility index (Phi) is 3.23. The molecule has 2 heterocycles. The van der Waals surface area contributed by atoms with Gasteiger partial charge in [-0.1, -0.05) is 36.4 Å². The van der Waals surface area contributed by atoms with Gasteiger partial charge in [0, 0.05) is 16.5 Å². The molecule has 0 fully saturated rings. The molecule has 4 aromatic rings. The fourth-order valence-electron chi connectivity index (χ4n) is 2.70. The number of fused-ring (bicyclic) bond motifs is 3. The molecule has 1 N–H and O–H groups in total. The molecule has 2 aromatic carbocycles. The number of rotatable bonds is 2. The third-order valence-electron chi connectivity index (χ3n) is 3.88. The topological polar surface area (TPSA) is 63.0 Å². The number of nitrogens with one attached hydrogen (secondary N) is 1. The minimum absolute atomic E-state index is 0.306. The summed E-state index contributed by atoms with van der Waals surface area (Å²) in [4.78, 5) is 20.3. The van der Waals surface area contributed by atoms with E-state index in [0.717, 1.165) is 10.9 Å². The summed E-state index contributed by atoms with van der Waals surface area (Å²) in [5.41, 5.74) is 1.83. The van der Waals surface area contributed by atoms with Gasteiger partial charge in [-0.25, -0.2) is 9.37 Å². The summed E-state index contributed by atoms with van der Waals surface area (Å²) >= 11 is 0. The molecule has 0 aliphatic carbocycles. The molecule has 118 valence electrons. The third kappa shape index (κ3) is 2.20. The van der Waals surface area contributed by atoms with Crippen molar-refractivity contribution in [2.45, 2.75) is 6.92 Å². The van der Waals surface area contributed by atoms with Gasteiger partial charge in [0.15, 0.2) is 0 Å². The summed E-state index contributed by atoms with van der Waals surface area (Å²) in [5, 5.41) is 5.00. The Balaban J connectivity index is 1.92. The van der Waals surface area contributed by atoms with Crippen molar-refractivity contribution in [3.05, 3.63) is 76.1 Å². The Bertz CT molecular complexity index is 1160. The summed E-state index contributed by atoms with van der Waals surface area (Å²) in [6.45, 7) is 1.70. The van der Waals surface area contributed by atoms with Gasteiger partial charge < -0.3 is 4.98 Å². The molecule has 5 nitrogen and oxygen atoms in total. The Morgan fingerprint density at radius 3 is 2.75 bits per heavy atom. The van der Waals surface area contributed by atoms with Crippen molar-refractivity contribution in [2.24, 2.45) is 5.10 Å². The highest BCUT2D eigenvalue weighted by atomic mass is 19.1. The molecule has 0 saturated heterocycles. The zero-order chi connectivity index (χ0) is 16.7. The molecule has 0 spiro atoms. The van der Waals surface area contributed by atoms with Gasteiger partial charge in [-0.05, 0) is 19.1 Å². The summed E-state index contributed by atoms with van der Waals surface area (Å²) in [7, 11) is 0. The first-order chi connectivity index (χ1) is 11.6. The van der Waals surface area contributed by atoms with Gasteiger partial charge in [0.25, 0.3) is 5.56 Å². The Morgan fingerprint density at radius 1 is 1.17 bits per heavy atom. The second-order valence-corrected chi connectivity index (χ2v) is 5.44. The molecule has 0 aliphatic rings. The van der Waals surface area contributed by atoms with E-state index in [9.17, 15) is 9.18 Å². The Hall–Kier alpha value is -3.28. The van der Waals surface area contributed by atoms with Gasteiger partial charge in [0.1, 0.15) is 22.7 Å². The van der Waals surface area contributed by atoms with Gasteiger partial charge in [-0.15, -0.1) is 0 Å². The quantitative estimate of drug-likeness (QED) is 0.576. The van der Waals surface area contributed by atoms with Crippen LogP contribution in [0.3, 0.4) is 0 Å². The van der Waals surface area contributed by atoms with Gasteiger partial charge in [-0.2, -0.15) is 9.78 Å². The molecule has 0 bridgehead atoms. The number of nitrogens with zero attached hydrogens (tertiary/aromatic N) is 3. The van der Waals surface area contributed by atoms with E-state index < -0.39 is 5.82 Å². The van der Waals surface area contributed by atoms with E-state index in [-0.39, 0.29) is 5.56 Å². The molecular weight excluding hydrogens is 307 g/mol. The second-order valence-electron chi connectivity index (χ2n) is 5.44. The molecule has 0 radical (unpaired) electrons. The van der Waals surface area contributed by atoms with E-state index >= 15 is 0 Å². The van der Waals surface area contributed by atoms with Crippen LogP contribution in [0.5, 0.6) is 0 Å². The maximum absolute atomic E-state index is 13.7. The van der Waals surface area contributed by atoms with Gasteiger partial charge in [0.2, 0.25) is 0 Å². The molecule has 24 heavy (non-hydrogen) atoms. The zero-order valence-electron chi connectivity index (χ0n) is 12.8. The van der Waals surface area contributed by atoms with Crippen LogP contribution in [0, 0.1) is 12.7 Å². The SMILES string of the molecule is Cc1nc2c([nH]c3ccccc32)c(=O)n1/N=C\c1ccccc1F. The molecule has 0 unspecified atom stereocenters. The van der Waals surface area contributed by atoms with Crippen LogP contribution in [0.1, 0.15) is 11.4 Å². The van der Waals surface area contributed by atoms with Crippen molar-refractivity contribution in [3.8, 4) is 0 Å². The standard InChI is InChI=1S/C18H13FN4O/c1-11-21-16-13-7-3-5-9-15(13)22-17(16)18(24)23(11)20-10-12-6-2-4-8-14(12)19/h2-10,22H,1H3/b20-10-. The average Bonchev–Trinajstić information content (AvgIpc) is 2.95. The van der Waals surface area contributed by atoms with E-state index in [2.05, 4.69) is 15.1 Å². The van der Waals surface area contributed by atoms with E-state index in [4.69, 9.17) is 0 Å². The number of hydrogen-bond donors (Lipinski definition) is 1. The lowest BCUT2D eigenvalue weighted by atomic mass is 10.2. The predicted molar refractivity (Wildman–Crippen MR) is 92.0 cm³/mol. The zero-order valence-corrected chi connectivity index (χ0v) is 12.8. The van der Waals surface area contributed by atoms with Crippen LogP contribution in [0.15, 0.2) is 58.4 Å². The van der Waals surface area contributed by atoms with E-state index in [1.807, 2.05) is 24.3 Å². The number of aromatic nitrogens is 3. The molecular formula is C18H13FN4O. The first-order valence-electron chi connectivity index (χ1n) is 7.44. The number of aromatic amines is 1. The summed E-state index contributed by atoms with van der Waals surface area (Å²) in [6, 6.07) is 13.8. The van der Waals surface area contributed by atoms with Crippen LogP contribution in [-0.4, -0.2) is 20.9 Å². The van der Waals surface area contributed by atoms with Crippen LogP contribution < -0.4 is 5.56 Å². The van der Waals surface area contributed by atoms with Crippen molar-refractivity contribution in [1.29, 1.82) is 0 Å². The van der Waals surface area contributed by atoms with Crippen molar-refractivity contribution < 1.29 is 4.39 Å². The highest BCUT2D eigenvalue weighted by Gasteiger charge is 2.12. The molecule has 0 amide bonds. The summed E-state index contributed by atoms with van der Waals surface area (Å²) in [6.07, 6.45) is 1.32. The number of H-pyrrole nitrogens is 1. The molecule has 2 aromatic heterocycles. The number of hydrogen-bond acceptors (Lipinski definition) is 3. The number of aryl methyl sites for hydroxylation is 1. The van der Waals surface area contributed by atoms with Gasteiger partial charge >= 0.3 is 0 Å². The fraction of sp³-hybridized carbons (Fsp3) is 0.0556. The highest BCUT2D eigenvalue weighted by Crippen LogP contribution is 2.21. The van der Waals surface area contributed by atoms with Crippen molar-refractivity contribution in [3.63, 3.8) is 0 Å². The van der Waals surface area contributed by atoms with Gasteiger partial charge in [0.05, 0.1) is 6.21 Å². The van der Waals surface area contributed by atoms with Crippen molar-refractivity contribution >= 4 is 28.2 Å². The summed E-state index contributed by atoms with van der Waals surface area (Å²) < 4.78 is 14.9. The number of benzene rings is 2. The second kappa shape index (κ2) is 5.42. The first kappa shape index (κ1) is 14.3. The maximum Gasteiger partial charge on any atom is 0.298 e. The lowest BCUT2D eigenvalue weighted by Gasteiger charge is -2.03.